The van der Waals surface area contributed by atoms with Crippen LogP contribution in [0.15, 0.2) is 30.3 Å². The van der Waals surface area contributed by atoms with E-state index in [1.807, 2.05) is 18.2 Å². The topological polar surface area (TPSA) is 29.0 Å². The minimum atomic E-state index is -4.42. The van der Waals surface area contributed by atoms with Crippen molar-refractivity contribution in [1.82, 2.24) is 10.2 Å². The number of hydrogen-bond donors (Lipinski definition) is 0. The van der Waals surface area contributed by atoms with Crippen LogP contribution in [0.25, 0.3) is 0 Å². The van der Waals surface area contributed by atoms with Crippen LogP contribution in [-0.2, 0) is 11.6 Å². The Morgan fingerprint density at radius 1 is 1.19 bits per heavy atom. The SMILES string of the molecule is CN(CC1(c2ccccc2)CC1)c1nnc(C(F)(F)F)s1. The molecule has 0 amide bonds. The molecule has 0 unspecified atom stereocenters. The lowest BCUT2D eigenvalue weighted by Gasteiger charge is -2.23. The fourth-order valence-corrected chi connectivity index (χ4v) is 3.16. The van der Waals surface area contributed by atoms with E-state index in [9.17, 15) is 13.2 Å². The monoisotopic (exact) mass is 313 g/mol. The Labute approximate surface area is 124 Å². The van der Waals surface area contributed by atoms with Crippen molar-refractivity contribution in [2.45, 2.75) is 24.4 Å². The molecule has 21 heavy (non-hydrogen) atoms. The first-order chi connectivity index (χ1) is 9.91. The number of likely N-dealkylation sites (N-methyl/N-ethyl adjacent to an activating group) is 1. The van der Waals surface area contributed by atoms with Crippen LogP contribution in [-0.4, -0.2) is 23.8 Å². The summed E-state index contributed by atoms with van der Waals surface area (Å²) in [5, 5.41) is 6.31. The van der Waals surface area contributed by atoms with Gasteiger partial charge in [-0.25, -0.2) is 0 Å². The number of alkyl halides is 3. The van der Waals surface area contributed by atoms with Crippen LogP contribution in [0.1, 0.15) is 23.4 Å². The third kappa shape index (κ3) is 2.88. The molecule has 1 aromatic heterocycles. The van der Waals surface area contributed by atoms with Gasteiger partial charge in [0.2, 0.25) is 10.1 Å². The van der Waals surface area contributed by atoms with E-state index in [1.54, 1.807) is 11.9 Å². The third-order valence-electron chi connectivity index (χ3n) is 3.76. The first-order valence-corrected chi connectivity index (χ1v) is 7.40. The van der Waals surface area contributed by atoms with Gasteiger partial charge in [0.25, 0.3) is 0 Å². The van der Waals surface area contributed by atoms with E-state index in [1.165, 1.54) is 5.56 Å². The molecule has 1 heterocycles. The molecule has 0 bridgehead atoms. The maximum atomic E-state index is 12.6. The molecule has 1 aliphatic carbocycles. The van der Waals surface area contributed by atoms with Crippen molar-refractivity contribution in [2.24, 2.45) is 0 Å². The van der Waals surface area contributed by atoms with Crippen molar-refractivity contribution < 1.29 is 13.2 Å². The van der Waals surface area contributed by atoms with E-state index in [4.69, 9.17) is 0 Å². The van der Waals surface area contributed by atoms with Crippen LogP contribution in [0.3, 0.4) is 0 Å². The highest BCUT2D eigenvalue weighted by Crippen LogP contribution is 2.49. The van der Waals surface area contributed by atoms with Gasteiger partial charge in [-0.05, 0) is 18.4 Å². The van der Waals surface area contributed by atoms with E-state index in [0.717, 1.165) is 12.8 Å². The summed E-state index contributed by atoms with van der Waals surface area (Å²) >= 11 is 0.590. The van der Waals surface area contributed by atoms with Crippen LogP contribution in [0, 0.1) is 0 Å². The van der Waals surface area contributed by atoms with Crippen LogP contribution in [0.4, 0.5) is 18.3 Å². The van der Waals surface area contributed by atoms with Crippen molar-refractivity contribution in [3.8, 4) is 0 Å². The molecule has 0 saturated heterocycles. The maximum absolute atomic E-state index is 12.6. The zero-order valence-corrected chi connectivity index (χ0v) is 12.2. The van der Waals surface area contributed by atoms with Crippen LogP contribution in [0.2, 0.25) is 0 Å². The summed E-state index contributed by atoms with van der Waals surface area (Å²) in [6.07, 6.45) is -2.33. The van der Waals surface area contributed by atoms with Gasteiger partial charge in [0.15, 0.2) is 0 Å². The quantitative estimate of drug-likeness (QED) is 0.861. The molecular formula is C14H14F3N3S. The van der Waals surface area contributed by atoms with Gasteiger partial charge in [0.1, 0.15) is 0 Å². The Bertz CT molecular complexity index is 620. The second-order valence-electron chi connectivity index (χ2n) is 5.39. The predicted octanol–water partition coefficient (Wildman–Crippen LogP) is 3.72. The van der Waals surface area contributed by atoms with E-state index >= 15 is 0 Å². The summed E-state index contributed by atoms with van der Waals surface area (Å²) in [5.74, 6) is 0. The van der Waals surface area contributed by atoms with Crippen molar-refractivity contribution >= 4 is 16.5 Å². The van der Waals surface area contributed by atoms with Gasteiger partial charge in [-0.2, -0.15) is 13.2 Å². The molecule has 1 fully saturated rings. The molecule has 3 nitrogen and oxygen atoms in total. The summed E-state index contributed by atoms with van der Waals surface area (Å²) in [5.41, 5.74) is 1.28. The van der Waals surface area contributed by atoms with E-state index in [2.05, 4.69) is 22.3 Å². The lowest BCUT2D eigenvalue weighted by Crippen LogP contribution is -2.29. The fraction of sp³-hybridized carbons (Fsp3) is 0.429. The standard InChI is InChI=1S/C14H14F3N3S/c1-20(12-19-18-11(21-12)14(15,16)17)9-13(7-8-13)10-5-3-2-4-6-10/h2-6H,7-9H2,1H3. The highest BCUT2D eigenvalue weighted by atomic mass is 32.1. The molecule has 1 aromatic carbocycles. The highest BCUT2D eigenvalue weighted by Gasteiger charge is 2.45. The Morgan fingerprint density at radius 3 is 2.38 bits per heavy atom. The second kappa shape index (κ2) is 4.98. The summed E-state index contributed by atoms with van der Waals surface area (Å²) in [4.78, 5) is 1.77. The number of anilines is 1. The molecular weight excluding hydrogens is 299 g/mol. The van der Waals surface area contributed by atoms with E-state index in [0.29, 0.717) is 23.0 Å². The van der Waals surface area contributed by atoms with Crippen molar-refractivity contribution in [2.75, 3.05) is 18.5 Å². The Morgan fingerprint density at radius 2 is 1.86 bits per heavy atom. The minimum Gasteiger partial charge on any atom is -0.349 e. The zero-order valence-electron chi connectivity index (χ0n) is 11.4. The third-order valence-corrected chi connectivity index (χ3v) is 4.85. The van der Waals surface area contributed by atoms with Gasteiger partial charge in [-0.15, -0.1) is 10.2 Å². The van der Waals surface area contributed by atoms with E-state index < -0.39 is 11.2 Å². The minimum absolute atomic E-state index is 0.0417. The average Bonchev–Trinajstić information content (AvgIpc) is 3.03. The number of benzene rings is 1. The van der Waals surface area contributed by atoms with Crippen molar-refractivity contribution in [3.05, 3.63) is 40.9 Å². The average molecular weight is 313 g/mol. The van der Waals surface area contributed by atoms with Crippen LogP contribution >= 0.6 is 11.3 Å². The lowest BCUT2D eigenvalue weighted by molar-refractivity contribution is -0.138. The van der Waals surface area contributed by atoms with E-state index in [-0.39, 0.29) is 5.41 Å². The van der Waals surface area contributed by atoms with Gasteiger partial charge in [-0.1, -0.05) is 41.7 Å². The summed E-state index contributed by atoms with van der Waals surface area (Å²) in [6.45, 7) is 0.656. The Balaban J connectivity index is 1.75. The van der Waals surface area contributed by atoms with Gasteiger partial charge >= 0.3 is 6.18 Å². The van der Waals surface area contributed by atoms with Crippen molar-refractivity contribution in [3.63, 3.8) is 0 Å². The lowest BCUT2D eigenvalue weighted by atomic mass is 9.96. The van der Waals surface area contributed by atoms with Gasteiger partial charge in [0, 0.05) is 19.0 Å². The first-order valence-electron chi connectivity index (χ1n) is 6.58. The predicted molar refractivity (Wildman–Crippen MR) is 75.5 cm³/mol. The molecule has 0 radical (unpaired) electrons. The normalized spacial score (nSPS) is 16.8. The molecule has 2 aromatic rings. The molecule has 7 heteroatoms. The summed E-state index contributed by atoms with van der Waals surface area (Å²) in [6, 6.07) is 10.1. The number of halogens is 3. The second-order valence-corrected chi connectivity index (χ2v) is 6.35. The summed E-state index contributed by atoms with van der Waals surface area (Å²) in [7, 11) is 1.77. The molecule has 0 N–H and O–H groups in total. The van der Waals surface area contributed by atoms with Gasteiger partial charge in [0.05, 0.1) is 0 Å². The molecule has 0 spiro atoms. The first kappa shape index (κ1) is 14.3. The molecule has 112 valence electrons. The number of aromatic nitrogens is 2. The molecule has 1 saturated carbocycles. The zero-order chi connectivity index (χ0) is 15.1. The number of hydrogen-bond acceptors (Lipinski definition) is 4. The molecule has 0 atom stereocenters. The Hall–Kier alpha value is -1.63. The van der Waals surface area contributed by atoms with Crippen molar-refractivity contribution in [1.29, 1.82) is 0 Å². The molecule has 0 aliphatic heterocycles. The van der Waals surface area contributed by atoms with Crippen LogP contribution in [0.5, 0.6) is 0 Å². The fourth-order valence-electron chi connectivity index (χ4n) is 2.49. The smallest absolute Gasteiger partial charge is 0.349 e. The summed E-state index contributed by atoms with van der Waals surface area (Å²) < 4.78 is 37.7. The highest BCUT2D eigenvalue weighted by molar-refractivity contribution is 7.15. The number of nitrogens with zero attached hydrogens (tertiary/aromatic N) is 3. The van der Waals surface area contributed by atoms with Crippen LogP contribution < -0.4 is 4.90 Å². The molecule has 1 aliphatic rings. The Kier molecular flexibility index (Phi) is 3.39. The number of rotatable bonds is 4. The van der Waals surface area contributed by atoms with Gasteiger partial charge < -0.3 is 4.90 Å². The molecule has 3 rings (SSSR count). The van der Waals surface area contributed by atoms with Gasteiger partial charge in [-0.3, -0.25) is 0 Å². The maximum Gasteiger partial charge on any atom is 0.445 e. The largest absolute Gasteiger partial charge is 0.445 e.